The highest BCUT2D eigenvalue weighted by Gasteiger charge is 2.15. The van der Waals surface area contributed by atoms with Gasteiger partial charge in [0.15, 0.2) is 0 Å². The molecule has 0 fully saturated rings. The molecule has 18 heavy (non-hydrogen) atoms. The van der Waals surface area contributed by atoms with Crippen molar-refractivity contribution < 1.29 is 14.3 Å². The number of ether oxygens (including phenoxy) is 1. The van der Waals surface area contributed by atoms with Crippen molar-refractivity contribution in [1.29, 1.82) is 0 Å². The quantitative estimate of drug-likeness (QED) is 0.625. The molecule has 0 spiro atoms. The summed E-state index contributed by atoms with van der Waals surface area (Å²) in [4.78, 5) is 22.7. The third-order valence-corrected chi connectivity index (χ3v) is 3.34. The predicted molar refractivity (Wildman–Crippen MR) is 73.4 cm³/mol. The molecule has 0 saturated carbocycles. The van der Waals surface area contributed by atoms with Crippen LogP contribution in [0, 0.1) is 0 Å². The van der Waals surface area contributed by atoms with Gasteiger partial charge in [-0.05, 0) is 31.2 Å². The van der Waals surface area contributed by atoms with Gasteiger partial charge in [0.1, 0.15) is 0 Å². The Hall–Kier alpha value is -1.69. The number of hydrogen-bond acceptors (Lipinski definition) is 5. The molecular formula is C12H16N2O3S. The molecule has 98 valence electrons. The van der Waals surface area contributed by atoms with Crippen LogP contribution in [0.1, 0.15) is 6.92 Å². The number of thioether (sulfide) groups is 1. The maximum atomic E-state index is 11.8. The maximum absolute atomic E-state index is 11.8. The van der Waals surface area contributed by atoms with Crippen molar-refractivity contribution in [2.24, 2.45) is 0 Å². The monoisotopic (exact) mass is 268 g/mol. The standard InChI is InChI=1S/C12H16N2O3S/c1-8(18-7-11(15)17-2)12(16)14-10-5-3-9(13)4-6-10/h3-6,8H,7,13H2,1-2H3,(H,14,16). The summed E-state index contributed by atoms with van der Waals surface area (Å²) in [5.74, 6) is -0.340. The number of carbonyl (C=O) groups excluding carboxylic acids is 2. The van der Waals surface area contributed by atoms with Gasteiger partial charge in [0.25, 0.3) is 0 Å². The molecule has 1 rings (SSSR count). The van der Waals surface area contributed by atoms with Crippen molar-refractivity contribution in [2.45, 2.75) is 12.2 Å². The van der Waals surface area contributed by atoms with Gasteiger partial charge in [-0.15, -0.1) is 11.8 Å². The van der Waals surface area contributed by atoms with Gasteiger partial charge in [-0.3, -0.25) is 9.59 Å². The smallest absolute Gasteiger partial charge is 0.315 e. The van der Waals surface area contributed by atoms with Crippen LogP contribution in [0.5, 0.6) is 0 Å². The molecule has 1 atom stereocenters. The summed E-state index contributed by atoms with van der Waals surface area (Å²) in [6.45, 7) is 1.74. The number of esters is 1. The number of methoxy groups -OCH3 is 1. The number of nitrogens with two attached hydrogens (primary N) is 1. The lowest BCUT2D eigenvalue weighted by Gasteiger charge is -2.11. The highest BCUT2D eigenvalue weighted by Crippen LogP contribution is 2.15. The average molecular weight is 268 g/mol. The van der Waals surface area contributed by atoms with Crippen LogP contribution in [0.25, 0.3) is 0 Å². The number of amides is 1. The van der Waals surface area contributed by atoms with Crippen molar-refractivity contribution in [3.8, 4) is 0 Å². The van der Waals surface area contributed by atoms with Crippen LogP contribution in [0.3, 0.4) is 0 Å². The number of carbonyl (C=O) groups is 2. The Morgan fingerprint density at radius 3 is 2.56 bits per heavy atom. The molecule has 0 heterocycles. The van der Waals surface area contributed by atoms with Crippen molar-refractivity contribution in [3.05, 3.63) is 24.3 Å². The molecule has 1 aromatic rings. The van der Waals surface area contributed by atoms with E-state index in [1.165, 1.54) is 18.9 Å². The van der Waals surface area contributed by atoms with Crippen molar-refractivity contribution in [2.75, 3.05) is 23.9 Å². The fourth-order valence-corrected chi connectivity index (χ4v) is 1.85. The first kappa shape index (κ1) is 14.4. The lowest BCUT2D eigenvalue weighted by atomic mass is 10.3. The van der Waals surface area contributed by atoms with E-state index >= 15 is 0 Å². The molecule has 0 aliphatic rings. The molecule has 0 bridgehead atoms. The SMILES string of the molecule is COC(=O)CSC(C)C(=O)Nc1ccc(N)cc1. The number of anilines is 2. The third kappa shape index (κ3) is 4.67. The van der Waals surface area contributed by atoms with E-state index in [9.17, 15) is 9.59 Å². The van der Waals surface area contributed by atoms with Gasteiger partial charge in [0, 0.05) is 11.4 Å². The minimum Gasteiger partial charge on any atom is -0.468 e. The predicted octanol–water partition coefficient (Wildman–Crippen LogP) is 1.50. The van der Waals surface area contributed by atoms with E-state index in [1.807, 2.05) is 0 Å². The summed E-state index contributed by atoms with van der Waals surface area (Å²) < 4.78 is 4.51. The van der Waals surface area contributed by atoms with Crippen molar-refractivity contribution in [3.63, 3.8) is 0 Å². The topological polar surface area (TPSA) is 81.4 Å². The first-order chi connectivity index (χ1) is 8.52. The van der Waals surface area contributed by atoms with Crippen molar-refractivity contribution >= 4 is 35.0 Å². The molecular weight excluding hydrogens is 252 g/mol. The Labute approximate surface area is 110 Å². The fourth-order valence-electron chi connectivity index (χ4n) is 1.14. The van der Waals surface area contributed by atoms with E-state index in [0.29, 0.717) is 11.4 Å². The summed E-state index contributed by atoms with van der Waals surface area (Å²) >= 11 is 1.23. The van der Waals surface area contributed by atoms with Crippen LogP contribution in [-0.2, 0) is 14.3 Å². The van der Waals surface area contributed by atoms with Gasteiger partial charge >= 0.3 is 5.97 Å². The Morgan fingerprint density at radius 1 is 1.39 bits per heavy atom. The van der Waals surface area contributed by atoms with Crippen LogP contribution < -0.4 is 11.1 Å². The molecule has 0 aliphatic carbocycles. The van der Waals surface area contributed by atoms with E-state index in [0.717, 1.165) is 0 Å². The zero-order valence-electron chi connectivity index (χ0n) is 10.3. The second-order valence-corrected chi connectivity index (χ2v) is 4.97. The molecule has 0 radical (unpaired) electrons. The van der Waals surface area contributed by atoms with Crippen LogP contribution in [0.15, 0.2) is 24.3 Å². The van der Waals surface area contributed by atoms with E-state index in [4.69, 9.17) is 5.73 Å². The Morgan fingerprint density at radius 2 is 2.00 bits per heavy atom. The first-order valence-electron chi connectivity index (χ1n) is 5.37. The Kier molecular flexibility index (Phi) is 5.51. The normalized spacial score (nSPS) is 11.7. The van der Waals surface area contributed by atoms with Crippen LogP contribution >= 0.6 is 11.8 Å². The molecule has 0 saturated heterocycles. The minimum atomic E-state index is -0.341. The molecule has 1 unspecified atom stereocenters. The van der Waals surface area contributed by atoms with E-state index in [-0.39, 0.29) is 22.9 Å². The summed E-state index contributed by atoms with van der Waals surface area (Å²) in [5, 5.41) is 2.41. The Balaban J connectivity index is 2.44. The molecule has 6 heteroatoms. The minimum absolute atomic E-state index is 0.159. The summed E-state index contributed by atoms with van der Waals surface area (Å²) in [7, 11) is 1.32. The average Bonchev–Trinajstić information content (AvgIpc) is 2.38. The number of nitrogen functional groups attached to an aromatic ring is 1. The summed E-state index contributed by atoms with van der Waals surface area (Å²) in [6.07, 6.45) is 0. The van der Waals surface area contributed by atoms with Gasteiger partial charge in [-0.1, -0.05) is 0 Å². The Bertz CT molecular complexity index is 420. The molecule has 1 aromatic carbocycles. The largest absolute Gasteiger partial charge is 0.468 e. The highest BCUT2D eigenvalue weighted by atomic mass is 32.2. The molecule has 3 N–H and O–H groups in total. The van der Waals surface area contributed by atoms with Crippen LogP contribution in [-0.4, -0.2) is 30.0 Å². The van der Waals surface area contributed by atoms with Gasteiger partial charge in [0.05, 0.1) is 18.1 Å². The number of benzene rings is 1. The van der Waals surface area contributed by atoms with Gasteiger partial charge < -0.3 is 15.8 Å². The van der Waals surface area contributed by atoms with E-state index < -0.39 is 0 Å². The van der Waals surface area contributed by atoms with Crippen molar-refractivity contribution in [1.82, 2.24) is 0 Å². The van der Waals surface area contributed by atoms with E-state index in [2.05, 4.69) is 10.1 Å². The van der Waals surface area contributed by atoms with Gasteiger partial charge in [-0.2, -0.15) is 0 Å². The number of rotatable bonds is 5. The fraction of sp³-hybridized carbons (Fsp3) is 0.333. The van der Waals surface area contributed by atoms with Crippen LogP contribution in [0.4, 0.5) is 11.4 Å². The second kappa shape index (κ2) is 6.90. The number of nitrogens with one attached hydrogen (secondary N) is 1. The molecule has 1 amide bonds. The lowest BCUT2D eigenvalue weighted by Crippen LogP contribution is -2.23. The molecule has 0 aliphatic heterocycles. The zero-order valence-corrected chi connectivity index (χ0v) is 11.1. The molecule has 0 aromatic heterocycles. The van der Waals surface area contributed by atoms with Gasteiger partial charge in [-0.25, -0.2) is 0 Å². The molecule has 5 nitrogen and oxygen atoms in total. The maximum Gasteiger partial charge on any atom is 0.315 e. The third-order valence-electron chi connectivity index (χ3n) is 2.23. The first-order valence-corrected chi connectivity index (χ1v) is 6.42. The second-order valence-electron chi connectivity index (χ2n) is 3.64. The summed E-state index contributed by atoms with van der Waals surface area (Å²) in [5.41, 5.74) is 6.87. The lowest BCUT2D eigenvalue weighted by molar-refractivity contribution is -0.137. The zero-order chi connectivity index (χ0) is 13.5. The highest BCUT2D eigenvalue weighted by molar-refractivity contribution is 8.01. The van der Waals surface area contributed by atoms with E-state index in [1.54, 1.807) is 31.2 Å². The summed E-state index contributed by atoms with van der Waals surface area (Å²) in [6, 6.07) is 6.87. The van der Waals surface area contributed by atoms with Crippen LogP contribution in [0.2, 0.25) is 0 Å². The van der Waals surface area contributed by atoms with Gasteiger partial charge in [0.2, 0.25) is 5.91 Å². The number of hydrogen-bond donors (Lipinski definition) is 2.